The molecule has 3 aromatic rings. The molecule has 27 heavy (non-hydrogen) atoms. The van der Waals surface area contributed by atoms with Crippen LogP contribution in [0.3, 0.4) is 0 Å². The van der Waals surface area contributed by atoms with Gasteiger partial charge in [-0.25, -0.2) is 4.21 Å². The van der Waals surface area contributed by atoms with Crippen molar-refractivity contribution in [3.05, 3.63) is 78.5 Å². The first kappa shape index (κ1) is 19.2. The number of nitriles is 1. The number of benzene rings is 2. The highest BCUT2D eigenvalue weighted by molar-refractivity contribution is 9.10. The van der Waals surface area contributed by atoms with E-state index in [9.17, 15) is 13.8 Å². The number of aromatic amines is 1. The molecule has 8 heteroatoms. The van der Waals surface area contributed by atoms with Crippen LogP contribution in [0.25, 0.3) is 10.9 Å². The van der Waals surface area contributed by atoms with Gasteiger partial charge in [0.2, 0.25) is 5.43 Å². The Labute approximate surface area is 170 Å². The summed E-state index contributed by atoms with van der Waals surface area (Å²) in [6.07, 6.45) is 0. The number of fused-ring (bicyclic) bond motifs is 1. The summed E-state index contributed by atoms with van der Waals surface area (Å²) in [6, 6.07) is 11.6. The molecule has 0 aliphatic rings. The zero-order chi connectivity index (χ0) is 19.7. The maximum Gasteiger partial charge on any atom is 0.202 e. The number of nitrogens with zero attached hydrogens (tertiary/aromatic N) is 1. The number of ketones is 1. The number of rotatable bonds is 3. The van der Waals surface area contributed by atoms with Gasteiger partial charge in [0.15, 0.2) is 5.78 Å². The zero-order valence-corrected chi connectivity index (χ0v) is 17.0. The highest BCUT2D eigenvalue weighted by atomic mass is 79.9. The van der Waals surface area contributed by atoms with Crippen molar-refractivity contribution in [1.82, 2.24) is 4.98 Å². The molecule has 0 saturated carbocycles. The summed E-state index contributed by atoms with van der Waals surface area (Å²) in [5.74, 6) is -0.493. The molecule has 0 fully saturated rings. The topological polar surface area (TPSA) is 90.8 Å². The van der Waals surface area contributed by atoms with E-state index >= 15 is 0 Å². The lowest BCUT2D eigenvalue weighted by Crippen LogP contribution is -2.22. The molecule has 0 bridgehead atoms. The second kappa shape index (κ2) is 7.61. The smallest absolute Gasteiger partial charge is 0.202 e. The second-order valence-electron chi connectivity index (χ2n) is 5.64. The fraction of sp³-hybridized carbons (Fsp3) is 0.0526. The third-order valence-electron chi connectivity index (χ3n) is 3.97. The Morgan fingerprint density at radius 3 is 2.67 bits per heavy atom. The normalized spacial score (nSPS) is 10.4. The molecular formula is C19H10BrClN2O3S. The SMILES string of the molecule is CC(=O)c1c(C(=S=O)c2cccc(C#N)c2)[nH]c2c(Br)ccc(Cl)c2c1=O. The quantitative estimate of drug-likeness (QED) is 0.474. The van der Waals surface area contributed by atoms with Crippen LogP contribution in [0.4, 0.5) is 0 Å². The van der Waals surface area contributed by atoms with Crippen molar-refractivity contribution < 1.29 is 9.00 Å². The van der Waals surface area contributed by atoms with Gasteiger partial charge in [-0.1, -0.05) is 23.7 Å². The third-order valence-corrected chi connectivity index (χ3v) is 5.56. The fourth-order valence-electron chi connectivity index (χ4n) is 2.79. The van der Waals surface area contributed by atoms with E-state index in [0.29, 0.717) is 21.1 Å². The number of nitrogens with one attached hydrogen (secondary N) is 1. The maximum atomic E-state index is 13.0. The fourth-order valence-corrected chi connectivity index (χ4v) is 3.92. The summed E-state index contributed by atoms with van der Waals surface area (Å²) in [5, 5.41) is 9.47. The third kappa shape index (κ3) is 3.39. The summed E-state index contributed by atoms with van der Waals surface area (Å²) in [7, 11) is 0. The van der Waals surface area contributed by atoms with Crippen LogP contribution >= 0.6 is 27.5 Å². The Hall–Kier alpha value is -2.53. The van der Waals surface area contributed by atoms with Gasteiger partial charge in [-0.05, 0) is 52.7 Å². The number of halogens is 2. The van der Waals surface area contributed by atoms with E-state index in [-0.39, 0.29) is 37.8 Å². The molecule has 0 radical (unpaired) electrons. The van der Waals surface area contributed by atoms with Crippen LogP contribution in [0, 0.1) is 11.3 Å². The molecule has 1 aromatic heterocycles. The average Bonchev–Trinajstić information content (AvgIpc) is 2.65. The predicted octanol–water partition coefficient (Wildman–Crippen LogP) is 3.80. The van der Waals surface area contributed by atoms with Gasteiger partial charge in [-0.15, -0.1) is 0 Å². The van der Waals surface area contributed by atoms with Crippen molar-refractivity contribution >= 4 is 60.3 Å². The van der Waals surface area contributed by atoms with Crippen LogP contribution in [-0.2, 0) is 11.3 Å². The summed E-state index contributed by atoms with van der Waals surface area (Å²) < 4.78 is 12.5. The summed E-state index contributed by atoms with van der Waals surface area (Å²) in [5.41, 5.74) is 0.581. The van der Waals surface area contributed by atoms with Crippen molar-refractivity contribution in [2.45, 2.75) is 6.92 Å². The maximum absolute atomic E-state index is 13.0. The summed E-state index contributed by atoms with van der Waals surface area (Å²) in [4.78, 5) is 28.4. The molecular weight excluding hydrogens is 452 g/mol. The standard InChI is InChI=1S/C19H10BrClN2O3S/c1-9(24)14-17(19(27-26)11-4-2-3-10(7-11)8-22)23-16-12(20)5-6-13(21)15(16)18(14)25/h2-7H,1H3,(H,23,25). The highest BCUT2D eigenvalue weighted by Crippen LogP contribution is 2.28. The van der Waals surface area contributed by atoms with Crippen LogP contribution in [0.2, 0.25) is 5.02 Å². The van der Waals surface area contributed by atoms with Crippen molar-refractivity contribution in [3.8, 4) is 6.07 Å². The minimum absolute atomic E-state index is 0.109. The first-order valence-electron chi connectivity index (χ1n) is 7.61. The minimum Gasteiger partial charge on any atom is -0.352 e. The van der Waals surface area contributed by atoms with E-state index in [1.165, 1.54) is 13.0 Å². The number of Topliss-reactive ketones (excluding diaryl/α,β-unsaturated/α-hetero) is 1. The van der Waals surface area contributed by atoms with E-state index in [1.807, 2.05) is 6.07 Å². The molecule has 0 atom stereocenters. The molecule has 0 aliphatic carbocycles. The van der Waals surface area contributed by atoms with Crippen LogP contribution in [0.15, 0.2) is 45.7 Å². The lowest BCUT2D eigenvalue weighted by atomic mass is 9.99. The Kier molecular flexibility index (Phi) is 5.42. The van der Waals surface area contributed by atoms with Crippen LogP contribution < -0.4 is 5.43 Å². The monoisotopic (exact) mass is 460 g/mol. The molecule has 0 aliphatic heterocycles. The van der Waals surface area contributed by atoms with Gasteiger partial charge in [0.05, 0.1) is 54.9 Å². The minimum atomic E-state index is -0.555. The molecule has 1 heterocycles. The Morgan fingerprint density at radius 2 is 2.04 bits per heavy atom. The van der Waals surface area contributed by atoms with Gasteiger partial charge in [-0.3, -0.25) is 9.59 Å². The van der Waals surface area contributed by atoms with Gasteiger partial charge < -0.3 is 4.98 Å². The van der Waals surface area contributed by atoms with E-state index in [0.717, 1.165) is 0 Å². The molecule has 0 unspecified atom stereocenters. The Morgan fingerprint density at radius 1 is 1.30 bits per heavy atom. The molecule has 0 amide bonds. The van der Waals surface area contributed by atoms with E-state index in [4.69, 9.17) is 16.9 Å². The van der Waals surface area contributed by atoms with Crippen LogP contribution in [-0.4, -0.2) is 19.8 Å². The van der Waals surface area contributed by atoms with Crippen molar-refractivity contribution in [1.29, 1.82) is 5.26 Å². The van der Waals surface area contributed by atoms with Gasteiger partial charge in [0.25, 0.3) is 0 Å². The number of carbonyl (C=O) groups is 1. The van der Waals surface area contributed by atoms with Crippen LogP contribution in [0.5, 0.6) is 0 Å². The number of carbonyl (C=O) groups excluding carboxylic acids is 1. The molecule has 5 nitrogen and oxygen atoms in total. The van der Waals surface area contributed by atoms with Crippen molar-refractivity contribution in [2.24, 2.45) is 0 Å². The van der Waals surface area contributed by atoms with Crippen molar-refractivity contribution in [2.75, 3.05) is 0 Å². The first-order valence-corrected chi connectivity index (χ1v) is 9.53. The number of hydrogen-bond donors (Lipinski definition) is 1. The number of aromatic nitrogens is 1. The van der Waals surface area contributed by atoms with E-state index in [2.05, 4.69) is 20.9 Å². The van der Waals surface area contributed by atoms with Gasteiger partial charge in [-0.2, -0.15) is 5.26 Å². The number of pyridine rings is 1. The summed E-state index contributed by atoms with van der Waals surface area (Å²) in [6.45, 7) is 1.25. The molecule has 0 spiro atoms. The largest absolute Gasteiger partial charge is 0.352 e. The Bertz CT molecular complexity index is 1270. The zero-order valence-electron chi connectivity index (χ0n) is 13.8. The molecule has 1 N–H and O–H groups in total. The summed E-state index contributed by atoms with van der Waals surface area (Å²) >= 11 is 9.67. The van der Waals surface area contributed by atoms with Crippen LogP contribution in [0.1, 0.15) is 34.1 Å². The lowest BCUT2D eigenvalue weighted by Gasteiger charge is -2.12. The second-order valence-corrected chi connectivity index (χ2v) is 7.48. The van der Waals surface area contributed by atoms with Gasteiger partial charge >= 0.3 is 0 Å². The number of H-pyrrole nitrogens is 1. The van der Waals surface area contributed by atoms with Crippen molar-refractivity contribution in [3.63, 3.8) is 0 Å². The average molecular weight is 462 g/mol. The Balaban J connectivity index is 2.46. The molecule has 0 saturated heterocycles. The van der Waals surface area contributed by atoms with E-state index < -0.39 is 11.2 Å². The number of hydrogen-bond acceptors (Lipinski definition) is 4. The predicted molar refractivity (Wildman–Crippen MR) is 110 cm³/mol. The molecule has 134 valence electrons. The first-order chi connectivity index (χ1) is 12.9. The van der Waals surface area contributed by atoms with Gasteiger partial charge in [0, 0.05) is 4.47 Å². The molecule has 2 aromatic carbocycles. The van der Waals surface area contributed by atoms with E-state index in [1.54, 1.807) is 30.3 Å². The highest BCUT2D eigenvalue weighted by Gasteiger charge is 2.23. The lowest BCUT2D eigenvalue weighted by molar-refractivity contribution is 0.101. The van der Waals surface area contributed by atoms with Gasteiger partial charge in [0.1, 0.15) is 0 Å². The molecule has 3 rings (SSSR count).